The van der Waals surface area contributed by atoms with Crippen molar-refractivity contribution in [1.29, 1.82) is 0 Å². The van der Waals surface area contributed by atoms with E-state index in [0.717, 1.165) is 25.8 Å². The summed E-state index contributed by atoms with van der Waals surface area (Å²) in [4.78, 5) is 56.1. The second-order valence-electron chi connectivity index (χ2n) is 10.3. The third-order valence-electron chi connectivity index (χ3n) is 6.89. The van der Waals surface area contributed by atoms with Gasteiger partial charge in [-0.2, -0.15) is 0 Å². The van der Waals surface area contributed by atoms with Crippen LogP contribution in [0.5, 0.6) is 0 Å². The average Bonchev–Trinajstić information content (AvgIpc) is 3.59. The summed E-state index contributed by atoms with van der Waals surface area (Å²) in [5.41, 5.74) is 0.471. The highest BCUT2D eigenvalue weighted by atomic mass is 16.5. The van der Waals surface area contributed by atoms with Crippen molar-refractivity contribution in [2.24, 2.45) is 11.8 Å². The fourth-order valence-corrected chi connectivity index (χ4v) is 4.54. The number of carbonyl (C=O) groups excluding carboxylic acids is 4. The van der Waals surface area contributed by atoms with E-state index >= 15 is 0 Å². The van der Waals surface area contributed by atoms with Crippen LogP contribution in [0.1, 0.15) is 53.9 Å². The summed E-state index contributed by atoms with van der Waals surface area (Å²) in [5, 5.41) is 3.00. The molecular weight excluding hydrogens is 436 g/mol. The van der Waals surface area contributed by atoms with Crippen LogP contribution in [0, 0.1) is 11.8 Å². The van der Waals surface area contributed by atoms with Gasteiger partial charge in [0.05, 0.1) is 25.7 Å². The van der Waals surface area contributed by atoms with Crippen molar-refractivity contribution in [2.45, 2.75) is 78.0 Å². The van der Waals surface area contributed by atoms with Gasteiger partial charge in [0.2, 0.25) is 17.7 Å². The lowest BCUT2D eigenvalue weighted by Gasteiger charge is -2.36. The van der Waals surface area contributed by atoms with Crippen molar-refractivity contribution in [1.82, 2.24) is 20.0 Å². The Balaban J connectivity index is 2.14. The number of likely N-dealkylation sites (N-methyl/N-ethyl adjacent to an activating group) is 2. The van der Waals surface area contributed by atoms with Gasteiger partial charge in [-0.3, -0.25) is 19.3 Å². The fourth-order valence-electron chi connectivity index (χ4n) is 4.54. The minimum atomic E-state index is -0.658. The van der Waals surface area contributed by atoms with Crippen LogP contribution in [-0.4, -0.2) is 96.9 Å². The Labute approximate surface area is 203 Å². The van der Waals surface area contributed by atoms with Gasteiger partial charge in [-0.25, -0.2) is 4.79 Å². The molecule has 3 amide bonds. The number of ether oxygens (including phenoxy) is 1. The maximum absolute atomic E-state index is 13.5. The van der Waals surface area contributed by atoms with Crippen LogP contribution in [0.3, 0.4) is 0 Å². The molecule has 9 nitrogen and oxygen atoms in total. The Bertz CT molecular complexity index is 809. The van der Waals surface area contributed by atoms with Crippen molar-refractivity contribution in [3.63, 3.8) is 0 Å². The Morgan fingerprint density at radius 2 is 1.71 bits per heavy atom. The van der Waals surface area contributed by atoms with E-state index in [4.69, 9.17) is 4.74 Å². The van der Waals surface area contributed by atoms with Gasteiger partial charge < -0.3 is 19.9 Å². The molecule has 2 heterocycles. The Hall–Kier alpha value is -2.42. The number of hydrogen-bond acceptors (Lipinski definition) is 6. The second kappa shape index (κ2) is 11.8. The maximum atomic E-state index is 13.5. The number of nitrogens with one attached hydrogen (secondary N) is 1. The van der Waals surface area contributed by atoms with Gasteiger partial charge >= 0.3 is 5.97 Å². The monoisotopic (exact) mass is 478 g/mol. The van der Waals surface area contributed by atoms with E-state index in [1.54, 1.807) is 24.9 Å². The molecule has 0 bridgehead atoms. The van der Waals surface area contributed by atoms with E-state index in [2.05, 4.69) is 5.32 Å². The molecule has 1 N–H and O–H groups in total. The second-order valence-corrected chi connectivity index (χ2v) is 10.3. The Kier molecular flexibility index (Phi) is 9.67. The molecule has 2 aliphatic heterocycles. The Morgan fingerprint density at radius 3 is 2.24 bits per heavy atom. The summed E-state index contributed by atoms with van der Waals surface area (Å²) >= 11 is 0. The third kappa shape index (κ3) is 6.58. The molecule has 0 spiro atoms. The summed E-state index contributed by atoms with van der Waals surface area (Å²) in [6.45, 7) is 10.7. The SMILES string of the molecule is COC(=O)C1CN1C(=O)/C(C)=C/[C@H](C(C)C)N(C)C(=O)[C@@H](NC(=O)C1CCCCN1C)C(C)C. The lowest BCUT2D eigenvalue weighted by Crippen LogP contribution is -2.57. The molecule has 192 valence electrons. The van der Waals surface area contributed by atoms with Crippen LogP contribution in [0.15, 0.2) is 11.6 Å². The zero-order chi connectivity index (χ0) is 25.7. The van der Waals surface area contributed by atoms with Crippen molar-refractivity contribution in [2.75, 3.05) is 34.3 Å². The van der Waals surface area contributed by atoms with Gasteiger partial charge in [-0.1, -0.05) is 40.2 Å². The first kappa shape index (κ1) is 27.8. The first-order valence-electron chi connectivity index (χ1n) is 12.2. The summed E-state index contributed by atoms with van der Waals surface area (Å²) in [6.07, 6.45) is 4.66. The number of hydrogen-bond donors (Lipinski definition) is 1. The zero-order valence-corrected chi connectivity index (χ0v) is 22.0. The van der Waals surface area contributed by atoms with E-state index in [0.29, 0.717) is 12.1 Å². The number of piperidine rings is 1. The number of likely N-dealkylation sites (tertiary alicyclic amines) is 1. The minimum Gasteiger partial charge on any atom is -0.467 e. The lowest BCUT2D eigenvalue weighted by molar-refractivity contribution is -0.142. The summed E-state index contributed by atoms with van der Waals surface area (Å²) in [6, 6.07) is -1.75. The van der Waals surface area contributed by atoms with Gasteiger partial charge in [0.15, 0.2) is 0 Å². The first-order chi connectivity index (χ1) is 15.9. The molecule has 0 aromatic carbocycles. The van der Waals surface area contributed by atoms with Gasteiger partial charge in [-0.15, -0.1) is 0 Å². The quantitative estimate of drug-likeness (QED) is 0.306. The molecule has 0 aromatic heterocycles. The van der Waals surface area contributed by atoms with Crippen LogP contribution >= 0.6 is 0 Å². The number of nitrogens with zero attached hydrogens (tertiary/aromatic N) is 3. The van der Waals surface area contributed by atoms with Crippen LogP contribution in [0.25, 0.3) is 0 Å². The van der Waals surface area contributed by atoms with E-state index < -0.39 is 18.1 Å². The van der Waals surface area contributed by atoms with E-state index in [9.17, 15) is 19.2 Å². The fraction of sp³-hybridized carbons (Fsp3) is 0.760. The van der Waals surface area contributed by atoms with Crippen LogP contribution < -0.4 is 5.32 Å². The zero-order valence-electron chi connectivity index (χ0n) is 22.0. The van der Waals surface area contributed by atoms with Crippen LogP contribution in [-0.2, 0) is 23.9 Å². The number of methoxy groups -OCH3 is 1. The minimum absolute atomic E-state index is 0.0373. The molecular formula is C25H42N4O5. The van der Waals surface area contributed by atoms with Crippen molar-refractivity contribution < 1.29 is 23.9 Å². The van der Waals surface area contributed by atoms with Crippen LogP contribution in [0.4, 0.5) is 0 Å². The average molecular weight is 479 g/mol. The first-order valence-corrected chi connectivity index (χ1v) is 12.2. The highest BCUT2D eigenvalue weighted by molar-refractivity contribution is 5.99. The van der Waals surface area contributed by atoms with E-state index in [-0.39, 0.29) is 41.6 Å². The summed E-state index contributed by atoms with van der Waals surface area (Å²) in [5.74, 6) is -1.01. The number of esters is 1. The van der Waals surface area contributed by atoms with Gasteiger partial charge in [-0.05, 0) is 45.2 Å². The van der Waals surface area contributed by atoms with E-state index in [1.807, 2.05) is 39.6 Å². The number of amides is 3. The predicted octanol–water partition coefficient (Wildman–Crippen LogP) is 1.42. The largest absolute Gasteiger partial charge is 0.467 e. The van der Waals surface area contributed by atoms with Crippen molar-refractivity contribution in [3.05, 3.63) is 11.6 Å². The van der Waals surface area contributed by atoms with Gasteiger partial charge in [0, 0.05) is 12.6 Å². The van der Waals surface area contributed by atoms with E-state index in [1.165, 1.54) is 12.0 Å². The molecule has 2 aliphatic rings. The summed E-state index contributed by atoms with van der Waals surface area (Å²) < 4.78 is 4.71. The third-order valence-corrected chi connectivity index (χ3v) is 6.89. The summed E-state index contributed by atoms with van der Waals surface area (Å²) in [7, 11) is 4.96. The predicted molar refractivity (Wildman–Crippen MR) is 130 cm³/mol. The molecule has 0 radical (unpaired) electrons. The maximum Gasteiger partial charge on any atom is 0.330 e. The number of rotatable bonds is 9. The molecule has 2 rings (SSSR count). The normalized spacial score (nSPS) is 22.9. The Morgan fingerprint density at radius 1 is 1.06 bits per heavy atom. The smallest absolute Gasteiger partial charge is 0.330 e. The topological polar surface area (TPSA) is 99.0 Å². The van der Waals surface area contributed by atoms with Crippen molar-refractivity contribution in [3.8, 4) is 0 Å². The molecule has 9 heteroatoms. The molecule has 0 aliphatic carbocycles. The number of carbonyl (C=O) groups is 4. The van der Waals surface area contributed by atoms with Crippen molar-refractivity contribution >= 4 is 23.7 Å². The van der Waals surface area contributed by atoms with Gasteiger partial charge in [0.25, 0.3) is 0 Å². The highest BCUT2D eigenvalue weighted by Gasteiger charge is 2.45. The molecule has 0 aromatic rings. The molecule has 34 heavy (non-hydrogen) atoms. The highest BCUT2D eigenvalue weighted by Crippen LogP contribution is 2.24. The standard InChI is InChI=1S/C25H42N4O5/c1-15(2)19(13-17(5)23(31)29-14-20(29)25(33)34-8)28(7)24(32)21(16(3)4)26-22(30)18-11-9-10-12-27(18)6/h13,15-16,18-21H,9-12,14H2,1-8H3,(H,26,30)/b17-13+/t18?,19-,20?,21+,29?/m1/s1. The van der Waals surface area contributed by atoms with Gasteiger partial charge in [0.1, 0.15) is 12.1 Å². The lowest BCUT2D eigenvalue weighted by atomic mass is 9.96. The molecule has 4 atom stereocenters. The molecule has 0 saturated carbocycles. The molecule has 2 saturated heterocycles. The molecule has 2 unspecified atom stereocenters. The van der Waals surface area contributed by atoms with Crippen LogP contribution in [0.2, 0.25) is 0 Å². The molecule has 2 fully saturated rings.